The van der Waals surface area contributed by atoms with E-state index in [9.17, 15) is 23.2 Å². The highest BCUT2D eigenvalue weighted by Gasteiger charge is 2.51. The lowest BCUT2D eigenvalue weighted by Crippen LogP contribution is -2.39. The number of rotatable bonds is 4. The smallest absolute Gasteiger partial charge is 0.283 e. The van der Waals surface area contributed by atoms with Crippen LogP contribution in [0.5, 0.6) is 11.5 Å². The molecule has 29 heavy (non-hydrogen) atoms. The van der Waals surface area contributed by atoms with E-state index in [0.717, 1.165) is 12.1 Å². The number of aromatic hydroxyl groups is 2. The van der Waals surface area contributed by atoms with Crippen LogP contribution in [0.3, 0.4) is 0 Å². The topological polar surface area (TPSA) is 94.8 Å². The maximum Gasteiger partial charge on any atom is 0.283 e. The van der Waals surface area contributed by atoms with Gasteiger partial charge in [-0.1, -0.05) is 64.6 Å². The summed E-state index contributed by atoms with van der Waals surface area (Å²) in [4.78, 5) is 0. The Labute approximate surface area is 186 Å². The Morgan fingerprint density at radius 1 is 0.724 bits per heavy atom. The van der Waals surface area contributed by atoms with E-state index < -0.39 is 14.9 Å². The Morgan fingerprint density at radius 3 is 1.97 bits per heavy atom. The lowest BCUT2D eigenvalue weighted by molar-refractivity contribution is 0.455. The van der Waals surface area contributed by atoms with Crippen molar-refractivity contribution in [3.05, 3.63) is 91.4 Å². The van der Waals surface area contributed by atoms with Crippen molar-refractivity contribution in [3.8, 4) is 11.5 Å². The van der Waals surface area contributed by atoms with E-state index in [2.05, 4.69) is 0 Å². The van der Waals surface area contributed by atoms with Gasteiger partial charge in [0.25, 0.3) is 10.1 Å². The van der Waals surface area contributed by atoms with E-state index in [1.807, 2.05) is 0 Å². The molecule has 0 fully saturated rings. The first kappa shape index (κ1) is 22.0. The molecule has 0 heterocycles. The summed E-state index contributed by atoms with van der Waals surface area (Å²) in [5.74, 6) is -0.586. The van der Waals surface area contributed by atoms with Crippen LogP contribution in [0.25, 0.3) is 0 Å². The maximum atomic E-state index is 13.0. The van der Waals surface area contributed by atoms with Crippen LogP contribution in [0.2, 0.25) is 20.1 Å². The predicted octanol–water partition coefficient (Wildman–Crippen LogP) is 5.89. The fourth-order valence-electron chi connectivity index (χ4n) is 3.19. The van der Waals surface area contributed by atoms with Gasteiger partial charge in [0.05, 0.1) is 15.1 Å². The molecule has 0 aliphatic carbocycles. The Hall–Kier alpha value is -1.67. The molecule has 1 unspecified atom stereocenters. The minimum absolute atomic E-state index is 0.0579. The molecule has 0 amide bonds. The Balaban J connectivity index is 2.63. The van der Waals surface area contributed by atoms with E-state index in [0.29, 0.717) is 0 Å². The number of hydrogen-bond acceptors (Lipinski definition) is 4. The van der Waals surface area contributed by atoms with Crippen molar-refractivity contribution in [3.63, 3.8) is 0 Å². The summed E-state index contributed by atoms with van der Waals surface area (Å²) in [7, 11) is -5.09. The molecule has 0 spiro atoms. The molecular formula is C19H12Cl4O5S. The van der Waals surface area contributed by atoms with Crippen LogP contribution < -0.4 is 0 Å². The third kappa shape index (κ3) is 3.65. The van der Waals surface area contributed by atoms with Gasteiger partial charge >= 0.3 is 0 Å². The van der Waals surface area contributed by atoms with Crippen LogP contribution in [0, 0.1) is 0 Å². The van der Waals surface area contributed by atoms with E-state index in [4.69, 9.17) is 46.4 Å². The maximum absolute atomic E-state index is 13.0. The summed E-state index contributed by atoms with van der Waals surface area (Å²) < 4.78 is 34.0. The quantitative estimate of drug-likeness (QED) is 0.239. The molecule has 0 aromatic heterocycles. The second kappa shape index (κ2) is 7.87. The molecule has 3 aromatic carbocycles. The largest absolute Gasteiger partial charge is 0.508 e. The third-order valence-electron chi connectivity index (χ3n) is 4.38. The highest BCUT2D eigenvalue weighted by molar-refractivity contribution is 7.87. The summed E-state index contributed by atoms with van der Waals surface area (Å²) in [6.45, 7) is 0. The van der Waals surface area contributed by atoms with Crippen molar-refractivity contribution in [2.24, 2.45) is 0 Å². The first-order chi connectivity index (χ1) is 13.5. The number of phenols is 2. The van der Waals surface area contributed by atoms with Crippen molar-refractivity contribution in [1.29, 1.82) is 0 Å². The summed E-state index contributed by atoms with van der Waals surface area (Å²) in [6, 6.07) is 11.4. The van der Waals surface area contributed by atoms with Crippen molar-refractivity contribution in [2.75, 3.05) is 0 Å². The fourth-order valence-corrected chi connectivity index (χ4v) is 5.56. The van der Waals surface area contributed by atoms with Gasteiger partial charge in [-0.25, -0.2) is 0 Å². The molecule has 0 aliphatic rings. The van der Waals surface area contributed by atoms with Gasteiger partial charge in [0.2, 0.25) is 0 Å². The monoisotopic (exact) mass is 492 g/mol. The number of halogens is 4. The summed E-state index contributed by atoms with van der Waals surface area (Å²) in [6.07, 6.45) is 0. The molecular weight excluding hydrogens is 482 g/mol. The number of benzene rings is 3. The molecule has 0 radical (unpaired) electrons. The Morgan fingerprint density at radius 2 is 1.34 bits per heavy atom. The van der Waals surface area contributed by atoms with E-state index in [1.54, 1.807) is 0 Å². The zero-order chi connectivity index (χ0) is 21.6. The minimum Gasteiger partial charge on any atom is -0.508 e. The summed E-state index contributed by atoms with van der Waals surface area (Å²) in [5, 5.41) is 19.6. The molecule has 152 valence electrons. The third-order valence-corrected chi connectivity index (χ3v) is 7.46. The predicted molar refractivity (Wildman–Crippen MR) is 114 cm³/mol. The average Bonchev–Trinajstić information content (AvgIpc) is 2.64. The summed E-state index contributed by atoms with van der Waals surface area (Å²) in [5.41, 5.74) is -0.463. The van der Waals surface area contributed by atoms with Gasteiger partial charge in [-0.05, 0) is 42.0 Å². The zero-order valence-corrected chi connectivity index (χ0v) is 18.1. The zero-order valence-electron chi connectivity index (χ0n) is 14.3. The van der Waals surface area contributed by atoms with Crippen LogP contribution >= 0.6 is 46.4 Å². The molecule has 3 rings (SSSR count). The van der Waals surface area contributed by atoms with E-state index >= 15 is 0 Å². The SMILES string of the molecule is O=S(=O)(O)C(c1cccc(O)c1)(c1cc(O)ccc1Cl)c1ccc(Cl)c(Cl)c1Cl. The van der Waals surface area contributed by atoms with Gasteiger partial charge in [0.15, 0.2) is 4.75 Å². The molecule has 5 nitrogen and oxygen atoms in total. The minimum atomic E-state index is -5.09. The standard InChI is InChI=1S/C19H12Cl4O5S/c20-15-6-4-12(25)9-14(15)19(29(26,27)28,10-2-1-3-11(24)8-10)13-5-7-16(21)18(23)17(13)22/h1-9,24-25H,(H,26,27,28). The molecule has 0 saturated heterocycles. The van der Waals surface area contributed by atoms with Crippen LogP contribution in [0.15, 0.2) is 54.6 Å². The van der Waals surface area contributed by atoms with Crippen LogP contribution in [-0.2, 0) is 14.9 Å². The van der Waals surface area contributed by atoms with Gasteiger partial charge in [-0.15, -0.1) is 0 Å². The van der Waals surface area contributed by atoms with Gasteiger partial charge in [0, 0.05) is 16.1 Å². The first-order valence-electron chi connectivity index (χ1n) is 7.89. The highest BCUT2D eigenvalue weighted by atomic mass is 35.5. The number of phenolic OH excluding ortho intramolecular Hbond substituents is 2. The number of hydrogen-bond donors (Lipinski definition) is 3. The van der Waals surface area contributed by atoms with Crippen LogP contribution in [0.4, 0.5) is 0 Å². The lowest BCUT2D eigenvalue weighted by atomic mass is 9.83. The van der Waals surface area contributed by atoms with Gasteiger partial charge in [-0.2, -0.15) is 8.42 Å². The van der Waals surface area contributed by atoms with Crippen molar-refractivity contribution < 1.29 is 23.2 Å². The molecule has 0 aliphatic heterocycles. The van der Waals surface area contributed by atoms with Crippen LogP contribution in [-0.4, -0.2) is 23.2 Å². The normalized spacial score (nSPS) is 13.8. The second-order valence-corrected chi connectivity index (χ2v) is 9.23. The fraction of sp³-hybridized carbons (Fsp3) is 0.0526. The molecule has 0 bridgehead atoms. The van der Waals surface area contributed by atoms with Gasteiger partial charge in [0.1, 0.15) is 11.5 Å². The average molecular weight is 494 g/mol. The van der Waals surface area contributed by atoms with Gasteiger partial charge < -0.3 is 10.2 Å². The molecule has 0 saturated carbocycles. The molecule has 10 heteroatoms. The Kier molecular flexibility index (Phi) is 5.98. The highest BCUT2D eigenvalue weighted by Crippen LogP contribution is 2.51. The van der Waals surface area contributed by atoms with Crippen LogP contribution in [0.1, 0.15) is 16.7 Å². The van der Waals surface area contributed by atoms with E-state index in [-0.39, 0.29) is 48.3 Å². The Bertz CT molecular complexity index is 1210. The molecule has 3 aromatic rings. The van der Waals surface area contributed by atoms with Crippen molar-refractivity contribution in [2.45, 2.75) is 4.75 Å². The van der Waals surface area contributed by atoms with Crippen molar-refractivity contribution in [1.82, 2.24) is 0 Å². The van der Waals surface area contributed by atoms with Gasteiger partial charge in [-0.3, -0.25) is 4.55 Å². The first-order valence-corrected chi connectivity index (χ1v) is 10.8. The van der Waals surface area contributed by atoms with Crippen molar-refractivity contribution >= 4 is 56.5 Å². The van der Waals surface area contributed by atoms with E-state index in [1.165, 1.54) is 42.5 Å². The molecule has 3 N–H and O–H groups in total. The molecule has 1 atom stereocenters. The summed E-state index contributed by atoms with van der Waals surface area (Å²) >= 11 is 24.8. The second-order valence-electron chi connectivity index (χ2n) is 6.09. The lowest BCUT2D eigenvalue weighted by Gasteiger charge is -2.34.